The molecule has 0 aromatic carbocycles. The molecule has 0 spiro atoms. The van der Waals surface area contributed by atoms with Gasteiger partial charge in [-0.05, 0) is 13.8 Å². The minimum absolute atomic E-state index is 0.190. The summed E-state index contributed by atoms with van der Waals surface area (Å²) in [5.41, 5.74) is 1.36. The van der Waals surface area contributed by atoms with Crippen molar-refractivity contribution in [1.82, 2.24) is 19.6 Å². The van der Waals surface area contributed by atoms with E-state index >= 15 is 0 Å². The van der Waals surface area contributed by atoms with Gasteiger partial charge in [0, 0.05) is 7.11 Å². The van der Waals surface area contributed by atoms with Crippen molar-refractivity contribution in [3.05, 3.63) is 29.3 Å². The molecule has 0 bridgehead atoms. The van der Waals surface area contributed by atoms with Crippen LogP contribution in [0.3, 0.4) is 0 Å². The summed E-state index contributed by atoms with van der Waals surface area (Å²) >= 11 is 5.93. The fourth-order valence-corrected chi connectivity index (χ4v) is 1.91. The first kappa shape index (κ1) is 14.5. The quantitative estimate of drug-likeness (QED) is 0.914. The number of nitrogens with one attached hydrogen (secondary N) is 1. The van der Waals surface area contributed by atoms with Crippen molar-refractivity contribution in [2.45, 2.75) is 26.6 Å². The predicted molar refractivity (Wildman–Crippen MR) is 74.6 cm³/mol. The Morgan fingerprint density at radius 3 is 2.85 bits per heavy atom. The molecule has 108 valence electrons. The molecule has 2 heterocycles. The number of nitrogens with zero attached hydrogens (tertiary/aromatic N) is 4. The molecule has 1 atom stereocenters. The number of aromatic nitrogens is 4. The Morgan fingerprint density at radius 2 is 2.25 bits per heavy atom. The molecule has 0 saturated carbocycles. The second-order valence-electron chi connectivity index (χ2n) is 4.37. The van der Waals surface area contributed by atoms with Gasteiger partial charge in [0.25, 0.3) is 0 Å². The fourth-order valence-electron chi connectivity index (χ4n) is 1.78. The maximum atomic E-state index is 12.2. The number of amides is 1. The summed E-state index contributed by atoms with van der Waals surface area (Å²) in [5.74, 6) is -0.190. The van der Waals surface area contributed by atoms with Crippen LogP contribution in [-0.2, 0) is 16.3 Å². The lowest BCUT2D eigenvalue weighted by Gasteiger charge is -2.13. The van der Waals surface area contributed by atoms with Crippen LogP contribution in [0.2, 0.25) is 5.02 Å². The first-order chi connectivity index (χ1) is 9.52. The zero-order valence-electron chi connectivity index (χ0n) is 11.5. The molecule has 2 rings (SSSR count). The van der Waals surface area contributed by atoms with Gasteiger partial charge in [0.2, 0.25) is 5.91 Å². The Morgan fingerprint density at radius 1 is 1.50 bits per heavy atom. The highest BCUT2D eigenvalue weighted by molar-refractivity contribution is 6.31. The molecule has 0 fully saturated rings. The third-order valence-corrected chi connectivity index (χ3v) is 3.26. The molecule has 0 radical (unpaired) electrons. The van der Waals surface area contributed by atoms with E-state index in [-0.39, 0.29) is 5.91 Å². The van der Waals surface area contributed by atoms with Gasteiger partial charge in [0.15, 0.2) is 0 Å². The first-order valence-corrected chi connectivity index (χ1v) is 6.42. The molecule has 0 aliphatic rings. The second kappa shape index (κ2) is 6.06. The number of halogens is 1. The zero-order valence-corrected chi connectivity index (χ0v) is 12.3. The van der Waals surface area contributed by atoms with E-state index in [4.69, 9.17) is 16.3 Å². The predicted octanol–water partition coefficient (Wildman–Crippen LogP) is 1.85. The Kier molecular flexibility index (Phi) is 4.41. The molecular weight excluding hydrogens is 282 g/mol. The van der Waals surface area contributed by atoms with Gasteiger partial charge < -0.3 is 10.1 Å². The first-order valence-electron chi connectivity index (χ1n) is 6.04. The fraction of sp³-hybridized carbons (Fsp3) is 0.417. The molecule has 1 amide bonds. The van der Waals surface area contributed by atoms with Crippen LogP contribution in [-0.4, -0.2) is 32.6 Å². The van der Waals surface area contributed by atoms with Crippen LogP contribution < -0.4 is 5.32 Å². The summed E-state index contributed by atoms with van der Waals surface area (Å²) in [6, 6.07) is -0.465. The van der Waals surface area contributed by atoms with Crippen LogP contribution in [0.5, 0.6) is 0 Å². The minimum Gasteiger partial charge on any atom is -0.362 e. The van der Waals surface area contributed by atoms with Crippen molar-refractivity contribution in [2.24, 2.45) is 0 Å². The number of carbonyl (C=O) groups is 1. The molecular formula is C12H16ClN5O2. The van der Waals surface area contributed by atoms with E-state index in [2.05, 4.69) is 15.5 Å². The van der Waals surface area contributed by atoms with Gasteiger partial charge in [0.1, 0.15) is 12.8 Å². The van der Waals surface area contributed by atoms with Crippen molar-refractivity contribution < 1.29 is 9.53 Å². The zero-order chi connectivity index (χ0) is 14.7. The molecule has 1 N–H and O–H groups in total. The maximum absolute atomic E-state index is 12.2. The van der Waals surface area contributed by atoms with Crippen LogP contribution in [0.15, 0.2) is 18.6 Å². The molecule has 2 aromatic rings. The standard InChI is InChI=1S/C12H16ClN5O2/c1-8-11(13)5-15-18(8)9(2)12(19)16-10-4-14-17(6-10)7-20-3/h4-6,9H,7H2,1-3H3,(H,16,19). The number of carbonyl (C=O) groups excluding carboxylic acids is 1. The highest BCUT2D eigenvalue weighted by Gasteiger charge is 2.19. The van der Waals surface area contributed by atoms with Crippen LogP contribution in [0.4, 0.5) is 5.69 Å². The van der Waals surface area contributed by atoms with Crippen LogP contribution in [0.25, 0.3) is 0 Å². The van der Waals surface area contributed by atoms with Gasteiger partial charge in [-0.3, -0.25) is 9.48 Å². The summed E-state index contributed by atoms with van der Waals surface area (Å²) < 4.78 is 8.10. The number of methoxy groups -OCH3 is 1. The van der Waals surface area contributed by atoms with Crippen LogP contribution in [0, 0.1) is 6.92 Å². The van der Waals surface area contributed by atoms with Crippen LogP contribution >= 0.6 is 11.6 Å². The lowest BCUT2D eigenvalue weighted by molar-refractivity contribution is -0.119. The summed E-state index contributed by atoms with van der Waals surface area (Å²) in [4.78, 5) is 12.2. The minimum atomic E-state index is -0.465. The number of anilines is 1. The average Bonchev–Trinajstić information content (AvgIpc) is 2.98. The average molecular weight is 298 g/mol. The van der Waals surface area contributed by atoms with Gasteiger partial charge in [-0.2, -0.15) is 10.2 Å². The van der Waals surface area contributed by atoms with E-state index in [1.165, 1.54) is 6.20 Å². The second-order valence-corrected chi connectivity index (χ2v) is 4.78. The molecule has 0 aliphatic heterocycles. The van der Waals surface area contributed by atoms with E-state index in [0.717, 1.165) is 5.69 Å². The molecule has 20 heavy (non-hydrogen) atoms. The molecule has 8 heteroatoms. The van der Waals surface area contributed by atoms with E-state index < -0.39 is 6.04 Å². The largest absolute Gasteiger partial charge is 0.362 e. The van der Waals surface area contributed by atoms with Gasteiger partial charge in [-0.25, -0.2) is 4.68 Å². The monoisotopic (exact) mass is 297 g/mol. The molecule has 1 unspecified atom stereocenters. The molecule has 0 aliphatic carbocycles. The third kappa shape index (κ3) is 3.00. The summed E-state index contributed by atoms with van der Waals surface area (Å²) in [6.45, 7) is 3.90. The Balaban J connectivity index is 2.05. The van der Waals surface area contributed by atoms with E-state index in [1.54, 1.807) is 35.8 Å². The van der Waals surface area contributed by atoms with Crippen molar-refractivity contribution >= 4 is 23.2 Å². The van der Waals surface area contributed by atoms with Crippen molar-refractivity contribution in [3.63, 3.8) is 0 Å². The molecule has 7 nitrogen and oxygen atoms in total. The Bertz CT molecular complexity index is 607. The maximum Gasteiger partial charge on any atom is 0.249 e. The van der Waals surface area contributed by atoms with Gasteiger partial charge in [-0.1, -0.05) is 11.6 Å². The summed E-state index contributed by atoms with van der Waals surface area (Å²) in [6.07, 6.45) is 4.78. The number of hydrogen-bond acceptors (Lipinski definition) is 4. The van der Waals surface area contributed by atoms with Gasteiger partial charge >= 0.3 is 0 Å². The Hall–Kier alpha value is -1.86. The molecule has 0 saturated heterocycles. The van der Waals surface area contributed by atoms with Crippen molar-refractivity contribution in [2.75, 3.05) is 12.4 Å². The number of hydrogen-bond donors (Lipinski definition) is 1. The highest BCUT2D eigenvalue weighted by Crippen LogP contribution is 2.18. The topological polar surface area (TPSA) is 74.0 Å². The number of rotatable bonds is 5. The normalized spacial score (nSPS) is 12.4. The lowest BCUT2D eigenvalue weighted by Crippen LogP contribution is -2.25. The number of ether oxygens (including phenoxy) is 1. The van der Waals surface area contributed by atoms with Gasteiger partial charge in [0.05, 0.1) is 35.0 Å². The summed E-state index contributed by atoms with van der Waals surface area (Å²) in [7, 11) is 1.58. The molecule has 2 aromatic heterocycles. The lowest BCUT2D eigenvalue weighted by atomic mass is 10.3. The SMILES string of the molecule is COCn1cc(NC(=O)C(C)n2ncc(Cl)c2C)cn1. The van der Waals surface area contributed by atoms with Crippen LogP contribution in [0.1, 0.15) is 18.7 Å². The third-order valence-electron chi connectivity index (χ3n) is 2.89. The van der Waals surface area contributed by atoms with E-state index in [0.29, 0.717) is 17.4 Å². The van der Waals surface area contributed by atoms with E-state index in [1.807, 2.05) is 6.92 Å². The van der Waals surface area contributed by atoms with Crippen molar-refractivity contribution in [3.8, 4) is 0 Å². The van der Waals surface area contributed by atoms with E-state index in [9.17, 15) is 4.79 Å². The van der Waals surface area contributed by atoms with Crippen molar-refractivity contribution in [1.29, 1.82) is 0 Å². The Labute approximate surface area is 121 Å². The van der Waals surface area contributed by atoms with Gasteiger partial charge in [-0.15, -0.1) is 0 Å². The highest BCUT2D eigenvalue weighted by atomic mass is 35.5. The summed E-state index contributed by atoms with van der Waals surface area (Å²) in [5, 5.41) is 11.5. The smallest absolute Gasteiger partial charge is 0.249 e.